The predicted octanol–water partition coefficient (Wildman–Crippen LogP) is 3.65. The quantitative estimate of drug-likeness (QED) is 0.482. The van der Waals surface area contributed by atoms with Crippen LogP contribution in [0.1, 0.15) is 6.92 Å². The van der Waals surface area contributed by atoms with E-state index in [4.69, 9.17) is 11.6 Å². The number of rotatable bonds is 5. The van der Waals surface area contributed by atoms with Gasteiger partial charge in [0.05, 0.1) is 17.0 Å². The van der Waals surface area contributed by atoms with E-state index in [0.29, 0.717) is 27.7 Å². The van der Waals surface area contributed by atoms with Gasteiger partial charge in [-0.15, -0.1) is 21.5 Å². The smallest absolute Gasteiger partial charge is 0.272 e. The number of fused-ring (bicyclic) bond motifs is 3. The van der Waals surface area contributed by atoms with Gasteiger partial charge in [0.15, 0.2) is 5.16 Å². The fourth-order valence-electron chi connectivity index (χ4n) is 2.79. The third-order valence-electron chi connectivity index (χ3n) is 4.04. The van der Waals surface area contributed by atoms with Crippen molar-refractivity contribution < 1.29 is 9.18 Å². The standard InChI is InChI=1S/C17H13ClFN5O2S2/c1-2-23-15(26)14-12(5-6-27-14)24-16(23)21-22-17(24)28-8-13(25)20-11-4-3-9(18)7-10(11)19/h3-7H,2,8H2,1H3,(H,20,25). The molecule has 0 atom stereocenters. The van der Waals surface area contributed by atoms with Gasteiger partial charge in [-0.1, -0.05) is 23.4 Å². The first-order valence-corrected chi connectivity index (χ1v) is 10.5. The van der Waals surface area contributed by atoms with E-state index in [1.54, 1.807) is 8.97 Å². The molecule has 3 heterocycles. The number of hydrogen-bond acceptors (Lipinski definition) is 6. The maximum Gasteiger partial charge on any atom is 0.272 e. The lowest BCUT2D eigenvalue weighted by Crippen LogP contribution is -2.21. The number of carbonyl (C=O) groups excluding carboxylic acids is 1. The van der Waals surface area contributed by atoms with Crippen LogP contribution >= 0.6 is 34.7 Å². The number of nitrogens with zero attached hydrogens (tertiary/aromatic N) is 4. The SMILES string of the molecule is CCn1c(=O)c2sccc2n2c(SCC(=O)Nc3ccc(Cl)cc3F)nnc12. The minimum atomic E-state index is -0.606. The van der Waals surface area contributed by atoms with E-state index in [1.165, 1.54) is 23.5 Å². The lowest BCUT2D eigenvalue weighted by Gasteiger charge is -2.08. The van der Waals surface area contributed by atoms with Gasteiger partial charge in [0.1, 0.15) is 10.5 Å². The van der Waals surface area contributed by atoms with Gasteiger partial charge >= 0.3 is 0 Å². The van der Waals surface area contributed by atoms with E-state index in [-0.39, 0.29) is 22.0 Å². The Morgan fingerprint density at radius 1 is 1.36 bits per heavy atom. The Hall–Kier alpha value is -2.43. The molecule has 0 aliphatic rings. The molecule has 11 heteroatoms. The molecule has 1 amide bonds. The Balaban J connectivity index is 1.61. The number of anilines is 1. The van der Waals surface area contributed by atoms with Crippen molar-refractivity contribution in [2.24, 2.45) is 0 Å². The molecule has 0 aliphatic heterocycles. The average molecular weight is 438 g/mol. The minimum Gasteiger partial charge on any atom is -0.323 e. The normalized spacial score (nSPS) is 11.4. The van der Waals surface area contributed by atoms with E-state index in [0.717, 1.165) is 17.8 Å². The number of aromatic nitrogens is 4. The third-order valence-corrected chi connectivity index (χ3v) is 6.09. The molecular formula is C17H13ClFN5O2S2. The molecular weight excluding hydrogens is 425 g/mol. The predicted molar refractivity (Wildman–Crippen MR) is 109 cm³/mol. The summed E-state index contributed by atoms with van der Waals surface area (Å²) in [7, 11) is 0. The second-order valence-corrected chi connectivity index (χ2v) is 8.06. The van der Waals surface area contributed by atoms with Gasteiger partial charge in [-0.05, 0) is 36.6 Å². The summed E-state index contributed by atoms with van der Waals surface area (Å²) in [4.78, 5) is 24.8. The first-order chi connectivity index (χ1) is 13.5. The molecule has 4 aromatic rings. The van der Waals surface area contributed by atoms with Gasteiger partial charge in [0, 0.05) is 11.6 Å². The zero-order valence-corrected chi connectivity index (χ0v) is 16.9. The summed E-state index contributed by atoms with van der Waals surface area (Å²) in [6.07, 6.45) is 0. The van der Waals surface area contributed by atoms with Gasteiger partial charge in [-0.25, -0.2) is 4.39 Å². The van der Waals surface area contributed by atoms with Crippen LogP contribution < -0.4 is 10.9 Å². The van der Waals surface area contributed by atoms with Crippen LogP contribution in [-0.4, -0.2) is 30.8 Å². The summed E-state index contributed by atoms with van der Waals surface area (Å²) in [5.41, 5.74) is 0.646. The average Bonchev–Trinajstić information content (AvgIpc) is 3.30. The Bertz CT molecular complexity index is 1270. The second kappa shape index (κ2) is 7.53. The molecule has 0 unspecified atom stereocenters. The fraction of sp³-hybridized carbons (Fsp3) is 0.176. The van der Waals surface area contributed by atoms with Crippen LogP contribution in [0, 0.1) is 5.82 Å². The molecule has 1 aromatic carbocycles. The minimum absolute atomic E-state index is 0.000256. The Morgan fingerprint density at radius 3 is 2.93 bits per heavy atom. The Morgan fingerprint density at radius 2 is 2.18 bits per heavy atom. The zero-order chi connectivity index (χ0) is 19.8. The lowest BCUT2D eigenvalue weighted by molar-refractivity contribution is -0.113. The maximum atomic E-state index is 13.8. The Labute approximate surface area is 171 Å². The van der Waals surface area contributed by atoms with Gasteiger partial charge in [0.25, 0.3) is 5.56 Å². The molecule has 0 bridgehead atoms. The topological polar surface area (TPSA) is 81.3 Å². The Kier molecular flexibility index (Phi) is 5.09. The molecule has 1 N–H and O–H groups in total. The summed E-state index contributed by atoms with van der Waals surface area (Å²) < 4.78 is 17.7. The summed E-state index contributed by atoms with van der Waals surface area (Å²) >= 11 is 8.22. The van der Waals surface area contributed by atoms with Crippen molar-refractivity contribution >= 4 is 62.3 Å². The van der Waals surface area contributed by atoms with Crippen molar-refractivity contribution in [2.75, 3.05) is 11.1 Å². The van der Waals surface area contributed by atoms with Crippen molar-refractivity contribution in [2.45, 2.75) is 18.6 Å². The molecule has 0 saturated heterocycles. The van der Waals surface area contributed by atoms with E-state index < -0.39 is 11.7 Å². The van der Waals surface area contributed by atoms with Crippen LogP contribution in [0.15, 0.2) is 39.6 Å². The molecule has 0 radical (unpaired) electrons. The van der Waals surface area contributed by atoms with Crippen LogP contribution in [-0.2, 0) is 11.3 Å². The van der Waals surface area contributed by atoms with Crippen LogP contribution in [0.3, 0.4) is 0 Å². The third kappa shape index (κ3) is 3.27. The van der Waals surface area contributed by atoms with Crippen molar-refractivity contribution in [1.29, 1.82) is 0 Å². The van der Waals surface area contributed by atoms with Crippen molar-refractivity contribution in [3.05, 3.63) is 50.8 Å². The van der Waals surface area contributed by atoms with E-state index in [1.807, 2.05) is 18.4 Å². The van der Waals surface area contributed by atoms with Gasteiger partial charge < -0.3 is 5.32 Å². The number of thiophene rings is 1. The number of nitrogens with one attached hydrogen (secondary N) is 1. The van der Waals surface area contributed by atoms with Crippen LogP contribution in [0.2, 0.25) is 5.02 Å². The molecule has 0 saturated carbocycles. The highest BCUT2D eigenvalue weighted by Gasteiger charge is 2.18. The largest absolute Gasteiger partial charge is 0.323 e. The highest BCUT2D eigenvalue weighted by molar-refractivity contribution is 7.99. The number of benzene rings is 1. The fourth-order valence-corrected chi connectivity index (χ4v) is 4.51. The highest BCUT2D eigenvalue weighted by Crippen LogP contribution is 2.25. The lowest BCUT2D eigenvalue weighted by atomic mass is 10.3. The molecule has 0 fully saturated rings. The van der Waals surface area contributed by atoms with E-state index >= 15 is 0 Å². The first kappa shape index (κ1) is 18.9. The molecule has 0 aliphatic carbocycles. The monoisotopic (exact) mass is 437 g/mol. The molecule has 144 valence electrons. The molecule has 7 nitrogen and oxygen atoms in total. The number of hydrogen-bond donors (Lipinski definition) is 1. The van der Waals surface area contributed by atoms with Crippen molar-refractivity contribution in [3.8, 4) is 0 Å². The number of amides is 1. The maximum absolute atomic E-state index is 13.8. The van der Waals surface area contributed by atoms with Crippen LogP contribution in [0.4, 0.5) is 10.1 Å². The van der Waals surface area contributed by atoms with Gasteiger partial charge in [-0.2, -0.15) is 0 Å². The molecule has 28 heavy (non-hydrogen) atoms. The number of thioether (sulfide) groups is 1. The zero-order valence-electron chi connectivity index (χ0n) is 14.5. The molecule has 4 rings (SSSR count). The second-order valence-electron chi connectivity index (χ2n) is 5.76. The number of aryl methyl sites for hydroxylation is 1. The van der Waals surface area contributed by atoms with Crippen molar-refractivity contribution in [3.63, 3.8) is 0 Å². The molecule has 0 spiro atoms. The highest BCUT2D eigenvalue weighted by atomic mass is 35.5. The first-order valence-electron chi connectivity index (χ1n) is 8.22. The number of halogens is 2. The summed E-state index contributed by atoms with van der Waals surface area (Å²) in [5.74, 6) is -0.580. The van der Waals surface area contributed by atoms with Crippen LogP contribution in [0.5, 0.6) is 0 Å². The van der Waals surface area contributed by atoms with Crippen molar-refractivity contribution in [1.82, 2.24) is 19.2 Å². The van der Waals surface area contributed by atoms with Gasteiger partial charge in [-0.3, -0.25) is 18.6 Å². The number of carbonyl (C=O) groups is 1. The van der Waals surface area contributed by atoms with E-state index in [2.05, 4.69) is 15.5 Å². The molecule has 3 aromatic heterocycles. The van der Waals surface area contributed by atoms with E-state index in [9.17, 15) is 14.0 Å². The summed E-state index contributed by atoms with van der Waals surface area (Å²) in [5, 5.41) is 13.3. The van der Waals surface area contributed by atoms with Gasteiger partial charge in [0.2, 0.25) is 11.7 Å². The summed E-state index contributed by atoms with van der Waals surface area (Å²) in [6, 6.07) is 5.86. The van der Waals surface area contributed by atoms with Crippen LogP contribution in [0.25, 0.3) is 16.0 Å². The summed E-state index contributed by atoms with van der Waals surface area (Å²) in [6.45, 7) is 2.31.